The molecule has 2 aromatic carbocycles. The highest BCUT2D eigenvalue weighted by molar-refractivity contribution is 8.18. The summed E-state index contributed by atoms with van der Waals surface area (Å²) in [5.74, 6) is -0.902. The Morgan fingerprint density at radius 1 is 1.07 bits per heavy atom. The van der Waals surface area contributed by atoms with Crippen molar-refractivity contribution in [2.75, 3.05) is 5.32 Å². The van der Waals surface area contributed by atoms with Crippen LogP contribution in [0.3, 0.4) is 0 Å². The van der Waals surface area contributed by atoms with Crippen LogP contribution in [0.15, 0.2) is 58.4 Å². The summed E-state index contributed by atoms with van der Waals surface area (Å²) in [4.78, 5) is 28.2. The molecule has 0 spiro atoms. The van der Waals surface area contributed by atoms with Crippen molar-refractivity contribution in [1.82, 2.24) is 5.32 Å². The quantitative estimate of drug-likeness (QED) is 0.664. The fourth-order valence-corrected chi connectivity index (χ4v) is 3.56. The minimum Gasteiger partial charge on any atom is -0.348 e. The molecule has 3 rings (SSSR count). The van der Waals surface area contributed by atoms with Crippen LogP contribution >= 0.6 is 46.6 Å². The van der Waals surface area contributed by atoms with Crippen molar-refractivity contribution in [2.45, 2.75) is 6.54 Å². The molecule has 0 bridgehead atoms. The molecular weight excluding hydrogens is 429 g/mol. The van der Waals surface area contributed by atoms with Crippen molar-refractivity contribution in [3.05, 3.63) is 74.1 Å². The molecule has 1 heterocycles. The number of para-hydroxylation sites is 1. The number of nitrogens with zero attached hydrogens (tertiary/aromatic N) is 1. The van der Waals surface area contributed by atoms with E-state index in [1.165, 1.54) is 6.08 Å². The first-order valence-corrected chi connectivity index (χ1v) is 9.63. The first kappa shape index (κ1) is 19.8. The average Bonchev–Trinajstić information content (AvgIpc) is 2.97. The average molecular weight is 441 g/mol. The molecule has 9 heteroatoms. The maximum atomic E-state index is 12.1. The third-order valence-electron chi connectivity index (χ3n) is 3.46. The third kappa shape index (κ3) is 5.26. The second-order valence-electron chi connectivity index (χ2n) is 5.40. The van der Waals surface area contributed by atoms with Gasteiger partial charge in [-0.05, 0) is 41.6 Å². The van der Waals surface area contributed by atoms with Crippen LogP contribution in [0.2, 0.25) is 15.1 Å². The van der Waals surface area contributed by atoms with E-state index in [1.807, 2.05) is 12.1 Å². The number of hydrogen-bond acceptors (Lipinski definition) is 4. The second-order valence-corrected chi connectivity index (χ2v) is 7.68. The lowest BCUT2D eigenvalue weighted by Crippen LogP contribution is -2.21. The van der Waals surface area contributed by atoms with Gasteiger partial charge in [-0.25, -0.2) is 0 Å². The van der Waals surface area contributed by atoms with E-state index in [0.29, 0.717) is 32.5 Å². The fourth-order valence-electron chi connectivity index (χ4n) is 2.15. The van der Waals surface area contributed by atoms with E-state index < -0.39 is 11.8 Å². The Balaban J connectivity index is 1.61. The summed E-state index contributed by atoms with van der Waals surface area (Å²) in [6, 6.07) is 12.1. The van der Waals surface area contributed by atoms with Crippen molar-refractivity contribution >= 4 is 69.2 Å². The fraction of sp³-hybridized carbons (Fsp3) is 0.0556. The molecule has 0 saturated heterocycles. The predicted molar refractivity (Wildman–Crippen MR) is 111 cm³/mol. The van der Waals surface area contributed by atoms with Gasteiger partial charge in [-0.1, -0.05) is 53.0 Å². The number of aliphatic imine (C=N–C) groups is 1. The molecule has 2 amide bonds. The van der Waals surface area contributed by atoms with Crippen molar-refractivity contribution in [3.63, 3.8) is 0 Å². The zero-order valence-corrected chi connectivity index (χ0v) is 16.7. The highest BCUT2D eigenvalue weighted by atomic mass is 35.5. The topological polar surface area (TPSA) is 70.6 Å². The largest absolute Gasteiger partial charge is 0.348 e. The van der Waals surface area contributed by atoms with Gasteiger partial charge in [0.1, 0.15) is 0 Å². The summed E-state index contributed by atoms with van der Waals surface area (Å²) in [6.45, 7) is 0.319. The van der Waals surface area contributed by atoms with E-state index in [-0.39, 0.29) is 4.91 Å². The van der Waals surface area contributed by atoms with Crippen LogP contribution in [0.5, 0.6) is 0 Å². The Morgan fingerprint density at radius 2 is 1.74 bits per heavy atom. The maximum Gasteiger partial charge on any atom is 0.286 e. The van der Waals surface area contributed by atoms with E-state index in [4.69, 9.17) is 34.8 Å². The van der Waals surface area contributed by atoms with E-state index in [9.17, 15) is 9.59 Å². The van der Waals surface area contributed by atoms with Crippen LogP contribution < -0.4 is 10.6 Å². The summed E-state index contributed by atoms with van der Waals surface area (Å²) in [6.07, 6.45) is 1.22. The van der Waals surface area contributed by atoms with Crippen LogP contribution in [-0.4, -0.2) is 17.0 Å². The lowest BCUT2D eigenvalue weighted by Gasteiger charge is -2.08. The van der Waals surface area contributed by atoms with Gasteiger partial charge in [-0.15, -0.1) is 0 Å². The number of thioether (sulfide) groups is 1. The number of rotatable bonds is 4. The summed E-state index contributed by atoms with van der Waals surface area (Å²) >= 11 is 19.0. The Kier molecular flexibility index (Phi) is 6.44. The summed E-state index contributed by atoms with van der Waals surface area (Å²) in [5, 5.41) is 7.35. The zero-order chi connectivity index (χ0) is 19.4. The van der Waals surface area contributed by atoms with Crippen LogP contribution in [0.4, 0.5) is 5.69 Å². The van der Waals surface area contributed by atoms with E-state index in [2.05, 4.69) is 15.6 Å². The molecule has 0 radical (unpaired) electrons. The van der Waals surface area contributed by atoms with Gasteiger partial charge in [0.15, 0.2) is 5.17 Å². The molecular formula is C18H12Cl3N3O2S. The molecule has 0 unspecified atom stereocenters. The molecule has 0 saturated carbocycles. The van der Waals surface area contributed by atoms with Crippen molar-refractivity contribution < 1.29 is 9.59 Å². The Morgan fingerprint density at radius 3 is 2.41 bits per heavy atom. The molecule has 1 aliphatic heterocycles. The lowest BCUT2D eigenvalue weighted by molar-refractivity contribution is -0.117. The van der Waals surface area contributed by atoms with Crippen LogP contribution in [-0.2, 0) is 16.1 Å². The van der Waals surface area contributed by atoms with Gasteiger partial charge >= 0.3 is 0 Å². The number of anilines is 1. The van der Waals surface area contributed by atoms with Crippen molar-refractivity contribution in [1.29, 1.82) is 0 Å². The first-order valence-electron chi connectivity index (χ1n) is 7.68. The third-order valence-corrected chi connectivity index (χ3v) is 5.24. The Labute approximate surface area is 174 Å². The van der Waals surface area contributed by atoms with Gasteiger partial charge in [0.05, 0.1) is 20.6 Å². The summed E-state index contributed by atoms with van der Waals surface area (Å²) < 4.78 is 0. The number of nitrogens with one attached hydrogen (secondary N) is 2. The Hall–Kier alpha value is -1.99. The monoisotopic (exact) mass is 439 g/mol. The first-order chi connectivity index (χ1) is 12.9. The molecule has 2 N–H and O–H groups in total. The normalized spacial score (nSPS) is 15.0. The van der Waals surface area contributed by atoms with Crippen molar-refractivity contribution in [3.8, 4) is 0 Å². The number of halogens is 3. The van der Waals surface area contributed by atoms with E-state index in [0.717, 1.165) is 17.3 Å². The van der Waals surface area contributed by atoms with Crippen LogP contribution in [0, 0.1) is 0 Å². The summed E-state index contributed by atoms with van der Waals surface area (Å²) in [7, 11) is 0. The number of amidine groups is 1. The number of benzene rings is 2. The molecule has 2 aromatic rings. The number of carbonyl (C=O) groups excluding carboxylic acids is 2. The number of hydrogen-bond donors (Lipinski definition) is 2. The second kappa shape index (κ2) is 8.80. The minimum atomic E-state index is -0.507. The molecule has 0 atom stereocenters. The molecule has 0 aliphatic carbocycles. The van der Waals surface area contributed by atoms with Crippen LogP contribution in [0.1, 0.15) is 5.56 Å². The van der Waals surface area contributed by atoms with Gasteiger partial charge in [0.25, 0.3) is 5.91 Å². The van der Waals surface area contributed by atoms with Crippen molar-refractivity contribution in [2.24, 2.45) is 4.99 Å². The number of carbonyl (C=O) groups is 2. The molecule has 0 aromatic heterocycles. The smallest absolute Gasteiger partial charge is 0.286 e. The Bertz CT molecular complexity index is 939. The summed E-state index contributed by atoms with van der Waals surface area (Å²) in [5.41, 5.74) is 1.34. The maximum absolute atomic E-state index is 12.1. The molecule has 1 aliphatic rings. The minimum absolute atomic E-state index is 0.203. The SMILES string of the molecule is O=C(C=C1SC(Nc2c(Cl)cccc2Cl)=NC1=O)NCc1ccc(Cl)cc1. The van der Waals surface area contributed by atoms with Crippen LogP contribution in [0.25, 0.3) is 0 Å². The highest BCUT2D eigenvalue weighted by Crippen LogP contribution is 2.33. The van der Waals surface area contributed by atoms with Gasteiger partial charge < -0.3 is 10.6 Å². The number of amides is 2. The van der Waals surface area contributed by atoms with Gasteiger partial charge in [0.2, 0.25) is 5.91 Å². The lowest BCUT2D eigenvalue weighted by atomic mass is 10.2. The zero-order valence-electron chi connectivity index (χ0n) is 13.6. The van der Waals surface area contributed by atoms with E-state index in [1.54, 1.807) is 30.3 Å². The predicted octanol–water partition coefficient (Wildman–Crippen LogP) is 4.89. The molecule has 138 valence electrons. The molecule has 5 nitrogen and oxygen atoms in total. The van der Waals surface area contributed by atoms with Gasteiger partial charge in [-0.3, -0.25) is 9.59 Å². The molecule has 0 fully saturated rings. The van der Waals surface area contributed by atoms with Gasteiger partial charge in [0, 0.05) is 17.6 Å². The highest BCUT2D eigenvalue weighted by Gasteiger charge is 2.24. The van der Waals surface area contributed by atoms with E-state index >= 15 is 0 Å². The molecule has 27 heavy (non-hydrogen) atoms. The standard InChI is InChI=1S/C18H12Cl3N3O2S/c19-11-6-4-10(5-7-11)9-22-15(25)8-14-17(26)24-18(27-14)23-16-12(20)2-1-3-13(16)21/h1-8H,9H2,(H,22,25)(H,23,24,26). The van der Waals surface area contributed by atoms with Gasteiger partial charge in [-0.2, -0.15) is 4.99 Å².